The molecule has 0 spiro atoms. The Balaban J connectivity index is 1.58. The van der Waals surface area contributed by atoms with Crippen molar-refractivity contribution in [1.29, 1.82) is 0 Å². The molecule has 1 aliphatic heterocycles. The third-order valence-electron chi connectivity index (χ3n) is 9.19. The van der Waals surface area contributed by atoms with Gasteiger partial charge in [0.05, 0.1) is 6.61 Å². The Morgan fingerprint density at radius 1 is 0.739 bits per heavy atom. The molecule has 2 aromatic carbocycles. The van der Waals surface area contributed by atoms with Crippen molar-refractivity contribution in [3.8, 4) is 0 Å². The monoisotopic (exact) mass is 635 g/mol. The summed E-state index contributed by atoms with van der Waals surface area (Å²) in [7, 11) is 0. The Labute approximate surface area is 281 Å². The predicted molar refractivity (Wildman–Crippen MR) is 195 cm³/mol. The van der Waals surface area contributed by atoms with Crippen LogP contribution in [-0.4, -0.2) is 41.1 Å². The van der Waals surface area contributed by atoms with Crippen molar-refractivity contribution in [3.63, 3.8) is 0 Å². The van der Waals surface area contributed by atoms with Crippen LogP contribution in [0.25, 0.3) is 10.8 Å². The van der Waals surface area contributed by atoms with Crippen molar-refractivity contribution >= 4 is 22.5 Å². The van der Waals surface area contributed by atoms with E-state index in [0.29, 0.717) is 12.4 Å². The number of hydrazine groups is 1. The van der Waals surface area contributed by atoms with E-state index in [1.807, 2.05) is 12.1 Å². The first-order valence-electron chi connectivity index (χ1n) is 19.1. The zero-order valence-corrected chi connectivity index (χ0v) is 29.9. The number of hydrazone groups is 1. The second kappa shape index (κ2) is 23.0. The van der Waals surface area contributed by atoms with Crippen LogP contribution in [0.15, 0.2) is 47.6 Å². The lowest BCUT2D eigenvalue weighted by atomic mass is 10.0. The molecule has 6 nitrogen and oxygen atoms in total. The van der Waals surface area contributed by atoms with E-state index in [9.17, 15) is 4.79 Å². The first kappa shape index (κ1) is 38.0. The minimum atomic E-state index is -0.420. The number of hydroxylamine groups is 1. The molecule has 0 saturated carbocycles. The summed E-state index contributed by atoms with van der Waals surface area (Å²) in [4.78, 5) is 20.4. The molecule has 1 unspecified atom stereocenters. The van der Waals surface area contributed by atoms with Gasteiger partial charge in [-0.1, -0.05) is 179 Å². The molecular formula is C40H66N4O2. The van der Waals surface area contributed by atoms with E-state index in [0.717, 1.165) is 67.3 Å². The van der Waals surface area contributed by atoms with Gasteiger partial charge < -0.3 is 0 Å². The van der Waals surface area contributed by atoms with Crippen LogP contribution in [0, 0.1) is 5.92 Å². The molecule has 0 fully saturated rings. The summed E-state index contributed by atoms with van der Waals surface area (Å²) in [6.45, 7) is 10.2. The van der Waals surface area contributed by atoms with E-state index < -0.39 is 6.04 Å². The fourth-order valence-electron chi connectivity index (χ4n) is 6.42. The minimum absolute atomic E-state index is 0.0333. The number of fused-ring (bicyclic) bond motifs is 1. The standard InChI is InChI=1S/C40H66N4O2/c1-5-7-8-9-10-11-12-13-14-15-16-17-18-21-31-38-40(45)43(41-32-24-19-20-26-34(3)4)39(42-44(38)46-33-6-2)37-30-25-28-35-27-22-23-29-36(35)37/h22-23,25,27-30,34,38,41H,5-21,24,26,31-33H2,1-4H3. The topological polar surface area (TPSA) is 57.2 Å². The molecule has 0 aliphatic carbocycles. The lowest BCUT2D eigenvalue weighted by Crippen LogP contribution is -2.59. The Hall–Kier alpha value is -2.44. The number of hydrogen-bond acceptors (Lipinski definition) is 5. The fraction of sp³-hybridized carbons (Fsp3) is 0.700. The number of amidine groups is 1. The average Bonchev–Trinajstić information content (AvgIpc) is 3.06. The zero-order chi connectivity index (χ0) is 32.8. The molecule has 258 valence electrons. The number of unbranched alkanes of at least 4 members (excludes halogenated alkanes) is 15. The largest absolute Gasteiger partial charge is 0.270 e. The Bertz CT molecular complexity index is 1130. The van der Waals surface area contributed by atoms with Crippen LogP contribution in [0.1, 0.15) is 162 Å². The quantitative estimate of drug-likeness (QED) is 0.105. The third kappa shape index (κ3) is 13.4. The smallest absolute Gasteiger partial charge is 0.269 e. The first-order valence-corrected chi connectivity index (χ1v) is 19.1. The molecule has 1 amide bonds. The van der Waals surface area contributed by atoms with Gasteiger partial charge >= 0.3 is 0 Å². The highest BCUT2D eigenvalue weighted by Crippen LogP contribution is 2.26. The maximum atomic E-state index is 14.3. The summed E-state index contributed by atoms with van der Waals surface area (Å²) in [5, 5.41) is 10.6. The van der Waals surface area contributed by atoms with Gasteiger partial charge in [-0.3, -0.25) is 9.63 Å². The van der Waals surface area contributed by atoms with E-state index in [2.05, 4.69) is 63.5 Å². The summed E-state index contributed by atoms with van der Waals surface area (Å²) >= 11 is 0. The molecule has 46 heavy (non-hydrogen) atoms. The highest BCUT2D eigenvalue weighted by molar-refractivity contribution is 6.15. The number of carbonyl (C=O) groups is 1. The molecule has 0 saturated heterocycles. The van der Waals surface area contributed by atoms with Gasteiger partial charge in [-0.2, -0.15) is 5.17 Å². The lowest BCUT2D eigenvalue weighted by Gasteiger charge is -2.38. The van der Waals surface area contributed by atoms with Gasteiger partial charge in [0.2, 0.25) is 0 Å². The van der Waals surface area contributed by atoms with E-state index >= 15 is 0 Å². The fourth-order valence-corrected chi connectivity index (χ4v) is 6.42. The highest BCUT2D eigenvalue weighted by Gasteiger charge is 2.38. The highest BCUT2D eigenvalue weighted by atomic mass is 16.7. The molecule has 0 radical (unpaired) electrons. The number of hydrogen-bond donors (Lipinski definition) is 1. The van der Waals surface area contributed by atoms with Crippen molar-refractivity contribution in [2.75, 3.05) is 13.2 Å². The Kier molecular flexibility index (Phi) is 19.0. The van der Waals surface area contributed by atoms with Gasteiger partial charge in [-0.25, -0.2) is 10.4 Å². The van der Waals surface area contributed by atoms with Crippen molar-refractivity contribution in [2.45, 2.75) is 162 Å². The normalized spacial score (nSPS) is 15.4. The van der Waals surface area contributed by atoms with Crippen molar-refractivity contribution in [1.82, 2.24) is 15.6 Å². The third-order valence-corrected chi connectivity index (χ3v) is 9.19. The van der Waals surface area contributed by atoms with Gasteiger partial charge in [0, 0.05) is 12.1 Å². The van der Waals surface area contributed by atoms with Crippen LogP contribution < -0.4 is 5.43 Å². The van der Waals surface area contributed by atoms with Crippen LogP contribution in [0.3, 0.4) is 0 Å². The second-order valence-electron chi connectivity index (χ2n) is 13.8. The SMILES string of the molecule is CCCCCCCCCCCCCCCCC1C(=O)N(NCCCCCC(C)C)C(c2cccc3ccccc23)=NN1OCCC. The van der Waals surface area contributed by atoms with Crippen LogP contribution in [-0.2, 0) is 9.63 Å². The number of amides is 1. The first-order chi connectivity index (χ1) is 22.6. The van der Waals surface area contributed by atoms with Gasteiger partial charge in [0.15, 0.2) is 11.9 Å². The maximum absolute atomic E-state index is 14.3. The molecule has 1 heterocycles. The van der Waals surface area contributed by atoms with Crippen molar-refractivity contribution < 1.29 is 9.63 Å². The van der Waals surface area contributed by atoms with E-state index in [-0.39, 0.29) is 5.91 Å². The van der Waals surface area contributed by atoms with E-state index in [1.54, 1.807) is 10.2 Å². The number of rotatable bonds is 26. The second-order valence-corrected chi connectivity index (χ2v) is 13.8. The Morgan fingerprint density at radius 2 is 1.35 bits per heavy atom. The molecule has 1 N–H and O–H groups in total. The summed E-state index contributed by atoms with van der Waals surface area (Å²) in [6.07, 6.45) is 24.8. The molecule has 2 aromatic rings. The minimum Gasteiger partial charge on any atom is -0.270 e. The van der Waals surface area contributed by atoms with Gasteiger partial charge in [0.1, 0.15) is 0 Å². The molecule has 6 heteroatoms. The summed E-state index contributed by atoms with van der Waals surface area (Å²) < 4.78 is 0. The number of nitrogens with zero attached hydrogens (tertiary/aromatic N) is 3. The maximum Gasteiger partial charge on any atom is 0.269 e. The van der Waals surface area contributed by atoms with Crippen molar-refractivity contribution in [3.05, 3.63) is 48.0 Å². The van der Waals surface area contributed by atoms with Gasteiger partial charge in [-0.05, 0) is 36.0 Å². The number of benzene rings is 2. The van der Waals surface area contributed by atoms with Crippen molar-refractivity contribution in [2.24, 2.45) is 11.0 Å². The lowest BCUT2D eigenvalue weighted by molar-refractivity contribution is -0.202. The number of carbonyl (C=O) groups excluding carboxylic acids is 1. The number of nitrogens with one attached hydrogen (secondary N) is 1. The van der Waals surface area contributed by atoms with Gasteiger partial charge in [-0.15, -0.1) is 5.10 Å². The Morgan fingerprint density at radius 3 is 2.00 bits per heavy atom. The van der Waals surface area contributed by atoms with Gasteiger partial charge in [0.25, 0.3) is 5.91 Å². The molecule has 1 aliphatic rings. The van der Waals surface area contributed by atoms with E-state index in [1.165, 1.54) is 89.9 Å². The van der Waals surface area contributed by atoms with Crippen LogP contribution in [0.2, 0.25) is 0 Å². The molecular weight excluding hydrogens is 568 g/mol. The molecule has 1 atom stereocenters. The predicted octanol–water partition coefficient (Wildman–Crippen LogP) is 10.9. The summed E-state index contributed by atoms with van der Waals surface area (Å²) in [5.74, 6) is 1.38. The zero-order valence-electron chi connectivity index (χ0n) is 29.9. The van der Waals surface area contributed by atoms with Crippen LogP contribution in [0.5, 0.6) is 0 Å². The summed E-state index contributed by atoms with van der Waals surface area (Å²) in [6, 6.07) is 14.1. The van der Waals surface area contributed by atoms with Crippen LogP contribution >= 0.6 is 0 Å². The van der Waals surface area contributed by atoms with Crippen LogP contribution in [0.4, 0.5) is 0 Å². The average molecular weight is 635 g/mol. The molecule has 0 aromatic heterocycles. The summed E-state index contributed by atoms with van der Waals surface area (Å²) in [5.41, 5.74) is 4.45. The molecule has 3 rings (SSSR count). The molecule has 0 bridgehead atoms. The van der Waals surface area contributed by atoms with E-state index in [4.69, 9.17) is 9.94 Å².